The van der Waals surface area contributed by atoms with Crippen LogP contribution in [-0.2, 0) is 9.53 Å². The molecular weight excluding hydrogens is 254 g/mol. The fraction of sp³-hybridized carbons (Fsp3) is 0.667. The number of aryl methyl sites for hydroxylation is 1. The molecule has 1 heterocycles. The molecule has 2 N–H and O–H groups in total. The van der Waals surface area contributed by atoms with E-state index in [1.165, 1.54) is 0 Å². The van der Waals surface area contributed by atoms with Crippen LogP contribution in [0.4, 0.5) is 0 Å². The third kappa shape index (κ3) is 2.37. The third-order valence-electron chi connectivity index (χ3n) is 3.44. The molecule has 1 aromatic rings. The van der Waals surface area contributed by atoms with Crippen LogP contribution in [0.5, 0.6) is 0 Å². The Hall–Kier alpha value is -1.07. The van der Waals surface area contributed by atoms with Crippen LogP contribution >= 0.6 is 11.6 Å². The minimum Gasteiger partial charge on any atom is -0.465 e. The first-order chi connectivity index (χ1) is 8.46. The number of nitrogens with zero attached hydrogens (tertiary/aromatic N) is 2. The quantitative estimate of drug-likeness (QED) is 0.852. The van der Waals surface area contributed by atoms with E-state index in [0.29, 0.717) is 24.5 Å². The lowest BCUT2D eigenvalue weighted by Gasteiger charge is -2.21. The van der Waals surface area contributed by atoms with Gasteiger partial charge < -0.3 is 10.5 Å². The number of aromatic nitrogens is 2. The maximum atomic E-state index is 11.8. The van der Waals surface area contributed by atoms with E-state index < -0.39 is 5.54 Å². The van der Waals surface area contributed by atoms with Gasteiger partial charge in [0.15, 0.2) is 0 Å². The number of ether oxygens (including phenoxy) is 1. The van der Waals surface area contributed by atoms with Crippen molar-refractivity contribution in [3.8, 4) is 0 Å². The largest absolute Gasteiger partial charge is 0.465 e. The van der Waals surface area contributed by atoms with Crippen molar-refractivity contribution < 1.29 is 9.53 Å². The van der Waals surface area contributed by atoms with Crippen LogP contribution in [0.15, 0.2) is 6.20 Å². The number of carbonyl (C=O) groups is 1. The van der Waals surface area contributed by atoms with E-state index in [9.17, 15) is 4.79 Å². The molecule has 1 aromatic heterocycles. The van der Waals surface area contributed by atoms with Crippen LogP contribution in [0.2, 0.25) is 5.02 Å². The van der Waals surface area contributed by atoms with Crippen molar-refractivity contribution >= 4 is 17.6 Å². The molecule has 0 aromatic carbocycles. The van der Waals surface area contributed by atoms with Crippen molar-refractivity contribution in [3.63, 3.8) is 0 Å². The zero-order chi connectivity index (χ0) is 13.3. The lowest BCUT2D eigenvalue weighted by molar-refractivity contribution is -0.149. The van der Waals surface area contributed by atoms with Gasteiger partial charge in [-0.25, -0.2) is 0 Å². The van der Waals surface area contributed by atoms with E-state index in [2.05, 4.69) is 5.10 Å². The maximum Gasteiger partial charge on any atom is 0.326 e. The van der Waals surface area contributed by atoms with Gasteiger partial charge in [0.05, 0.1) is 23.4 Å². The molecule has 0 aliphatic heterocycles. The van der Waals surface area contributed by atoms with E-state index >= 15 is 0 Å². The van der Waals surface area contributed by atoms with Crippen molar-refractivity contribution in [2.75, 3.05) is 6.61 Å². The minimum absolute atomic E-state index is 0.116. The second kappa shape index (κ2) is 4.90. The Labute approximate surface area is 111 Å². The number of nitrogens with two attached hydrogens (primary N) is 1. The van der Waals surface area contributed by atoms with Crippen molar-refractivity contribution in [2.45, 2.75) is 44.7 Å². The van der Waals surface area contributed by atoms with Crippen molar-refractivity contribution in [1.82, 2.24) is 9.78 Å². The van der Waals surface area contributed by atoms with E-state index in [-0.39, 0.29) is 12.0 Å². The summed E-state index contributed by atoms with van der Waals surface area (Å²) in [5.74, 6) is -0.317. The SMILES string of the molecule is CCOC(=O)C1(N)CCC(n2cc(Cl)c(C)n2)C1. The number of carbonyl (C=O) groups excluding carboxylic acids is 1. The lowest BCUT2D eigenvalue weighted by atomic mass is 9.99. The molecule has 1 saturated carbocycles. The summed E-state index contributed by atoms with van der Waals surface area (Å²) < 4.78 is 6.83. The van der Waals surface area contributed by atoms with Gasteiger partial charge in [0.25, 0.3) is 0 Å². The van der Waals surface area contributed by atoms with Gasteiger partial charge in [0.2, 0.25) is 0 Å². The topological polar surface area (TPSA) is 70.1 Å². The average Bonchev–Trinajstić information content (AvgIpc) is 2.86. The summed E-state index contributed by atoms with van der Waals surface area (Å²) in [5.41, 5.74) is 6.02. The highest BCUT2D eigenvalue weighted by Gasteiger charge is 2.44. The normalized spacial score (nSPS) is 27.4. The summed E-state index contributed by atoms with van der Waals surface area (Å²) in [7, 11) is 0. The first kappa shape index (κ1) is 13.4. The van der Waals surface area contributed by atoms with Gasteiger partial charge >= 0.3 is 5.97 Å². The molecule has 5 nitrogen and oxygen atoms in total. The Morgan fingerprint density at radius 2 is 2.50 bits per heavy atom. The fourth-order valence-corrected chi connectivity index (χ4v) is 2.52. The van der Waals surface area contributed by atoms with Gasteiger partial charge in [-0.05, 0) is 33.1 Å². The molecule has 0 saturated heterocycles. The fourth-order valence-electron chi connectivity index (χ4n) is 2.38. The Morgan fingerprint density at radius 1 is 1.78 bits per heavy atom. The molecule has 1 aliphatic carbocycles. The molecule has 0 bridgehead atoms. The van der Waals surface area contributed by atoms with Crippen LogP contribution in [0.1, 0.15) is 37.9 Å². The molecule has 2 unspecified atom stereocenters. The minimum atomic E-state index is -0.882. The Morgan fingerprint density at radius 3 is 3.06 bits per heavy atom. The van der Waals surface area contributed by atoms with E-state index in [1.54, 1.807) is 13.1 Å². The summed E-state index contributed by atoms with van der Waals surface area (Å²) in [5, 5.41) is 4.98. The molecule has 2 atom stereocenters. The Kier molecular flexibility index (Phi) is 3.64. The average molecular weight is 272 g/mol. The molecule has 2 rings (SSSR count). The van der Waals surface area contributed by atoms with Gasteiger partial charge in [-0.15, -0.1) is 0 Å². The van der Waals surface area contributed by atoms with Gasteiger partial charge in [-0.2, -0.15) is 5.10 Å². The number of esters is 1. The molecule has 18 heavy (non-hydrogen) atoms. The standard InChI is InChI=1S/C12H18ClN3O2/c1-3-18-11(17)12(14)5-4-9(6-12)16-7-10(13)8(2)15-16/h7,9H,3-6,14H2,1-2H3. The number of hydrogen-bond donors (Lipinski definition) is 1. The highest BCUT2D eigenvalue weighted by molar-refractivity contribution is 6.31. The number of rotatable bonds is 3. The van der Waals surface area contributed by atoms with E-state index in [0.717, 1.165) is 12.1 Å². The van der Waals surface area contributed by atoms with Crippen LogP contribution in [0.3, 0.4) is 0 Å². The van der Waals surface area contributed by atoms with Crippen molar-refractivity contribution in [3.05, 3.63) is 16.9 Å². The summed E-state index contributed by atoms with van der Waals surface area (Å²) in [6, 6.07) is 0.116. The third-order valence-corrected chi connectivity index (χ3v) is 3.81. The number of hydrogen-bond acceptors (Lipinski definition) is 4. The Bertz CT molecular complexity index is 441. The van der Waals surface area contributed by atoms with E-state index in [1.807, 2.05) is 11.6 Å². The molecule has 0 amide bonds. The first-order valence-corrected chi connectivity index (χ1v) is 6.51. The van der Waals surface area contributed by atoms with Crippen LogP contribution in [0.25, 0.3) is 0 Å². The summed E-state index contributed by atoms with van der Waals surface area (Å²) in [6.07, 6.45) is 3.77. The van der Waals surface area contributed by atoms with Gasteiger partial charge in [-0.3, -0.25) is 9.48 Å². The molecule has 1 fully saturated rings. The predicted molar refractivity (Wildman–Crippen MR) is 68.4 cm³/mol. The Balaban J connectivity index is 2.10. The smallest absolute Gasteiger partial charge is 0.326 e. The highest BCUT2D eigenvalue weighted by atomic mass is 35.5. The lowest BCUT2D eigenvalue weighted by Crippen LogP contribution is -2.46. The zero-order valence-corrected chi connectivity index (χ0v) is 11.4. The molecule has 0 spiro atoms. The second-order valence-electron chi connectivity index (χ2n) is 4.82. The number of halogens is 1. The van der Waals surface area contributed by atoms with Gasteiger partial charge in [0, 0.05) is 6.20 Å². The van der Waals surface area contributed by atoms with Crippen LogP contribution in [-0.4, -0.2) is 27.9 Å². The molecule has 1 aliphatic rings. The monoisotopic (exact) mass is 271 g/mol. The first-order valence-electron chi connectivity index (χ1n) is 6.13. The van der Waals surface area contributed by atoms with Crippen LogP contribution < -0.4 is 5.73 Å². The van der Waals surface area contributed by atoms with Crippen LogP contribution in [0, 0.1) is 6.92 Å². The molecule has 0 radical (unpaired) electrons. The molecule has 6 heteroatoms. The highest BCUT2D eigenvalue weighted by Crippen LogP contribution is 2.37. The maximum absolute atomic E-state index is 11.8. The summed E-state index contributed by atoms with van der Waals surface area (Å²) in [6.45, 7) is 3.99. The summed E-state index contributed by atoms with van der Waals surface area (Å²) in [4.78, 5) is 11.8. The molecule has 100 valence electrons. The van der Waals surface area contributed by atoms with Crippen molar-refractivity contribution in [1.29, 1.82) is 0 Å². The van der Waals surface area contributed by atoms with Crippen molar-refractivity contribution in [2.24, 2.45) is 5.73 Å². The summed E-state index contributed by atoms with van der Waals surface area (Å²) >= 11 is 5.98. The molecular formula is C12H18ClN3O2. The van der Waals surface area contributed by atoms with Gasteiger partial charge in [0.1, 0.15) is 5.54 Å². The zero-order valence-electron chi connectivity index (χ0n) is 10.6. The van der Waals surface area contributed by atoms with E-state index in [4.69, 9.17) is 22.1 Å². The predicted octanol–water partition coefficient (Wildman–Crippen LogP) is 1.83. The second-order valence-corrected chi connectivity index (χ2v) is 5.22. The van der Waals surface area contributed by atoms with Gasteiger partial charge in [-0.1, -0.05) is 11.6 Å².